The Labute approximate surface area is 93.9 Å². The Morgan fingerprint density at radius 2 is 2.00 bits per heavy atom. The van der Waals surface area contributed by atoms with Crippen molar-refractivity contribution in [1.82, 2.24) is 9.80 Å². The minimum Gasteiger partial charge on any atom is -0.388 e. The van der Waals surface area contributed by atoms with E-state index in [9.17, 15) is 0 Å². The second kappa shape index (κ2) is 7.65. The summed E-state index contributed by atoms with van der Waals surface area (Å²) in [5, 5.41) is 7.17. The zero-order chi connectivity index (χ0) is 11.8. The topological polar surface area (TPSA) is 56.4 Å². The van der Waals surface area contributed by atoms with E-state index in [2.05, 4.69) is 37.7 Å². The molecule has 0 rings (SSSR count). The van der Waals surface area contributed by atoms with Crippen molar-refractivity contribution in [3.8, 4) is 0 Å². The number of nitrogens with zero attached hydrogens (tertiary/aromatic N) is 2. The van der Waals surface area contributed by atoms with Crippen molar-refractivity contribution in [2.75, 3.05) is 33.7 Å². The number of likely N-dealkylation sites (N-methyl/N-ethyl adjacent to an activating group) is 2. The Morgan fingerprint density at radius 1 is 1.40 bits per heavy atom. The van der Waals surface area contributed by atoms with Gasteiger partial charge in [0, 0.05) is 19.0 Å². The van der Waals surface area contributed by atoms with Gasteiger partial charge < -0.3 is 10.6 Å². The number of hydrogen-bond acceptors (Lipinski definition) is 3. The first kappa shape index (κ1) is 14.4. The standard InChI is InChI=1S/C11H26N4/c1-5-15(8-6-7-11(12)13)10(2)9-14(3)4/h10H,5-9H2,1-4H3,(H3,12,13). The third-order valence-electron chi connectivity index (χ3n) is 2.55. The fourth-order valence-corrected chi connectivity index (χ4v) is 1.81. The fraction of sp³-hybridized carbons (Fsp3) is 0.909. The molecule has 4 heteroatoms. The molecule has 3 N–H and O–H groups in total. The van der Waals surface area contributed by atoms with Crippen LogP contribution in [-0.2, 0) is 0 Å². The Morgan fingerprint density at radius 3 is 2.40 bits per heavy atom. The van der Waals surface area contributed by atoms with Crippen LogP contribution in [0.5, 0.6) is 0 Å². The lowest BCUT2D eigenvalue weighted by molar-refractivity contribution is 0.180. The molecule has 0 fully saturated rings. The van der Waals surface area contributed by atoms with Crippen LogP contribution in [0.15, 0.2) is 0 Å². The molecule has 0 bridgehead atoms. The summed E-state index contributed by atoms with van der Waals surface area (Å²) in [6.07, 6.45) is 1.70. The second-order valence-electron chi connectivity index (χ2n) is 4.37. The normalized spacial score (nSPS) is 13.5. The molecule has 0 saturated carbocycles. The van der Waals surface area contributed by atoms with Crippen LogP contribution in [0.4, 0.5) is 0 Å². The second-order valence-corrected chi connectivity index (χ2v) is 4.37. The van der Waals surface area contributed by atoms with E-state index >= 15 is 0 Å². The van der Waals surface area contributed by atoms with E-state index in [1.165, 1.54) is 0 Å². The van der Waals surface area contributed by atoms with E-state index in [-0.39, 0.29) is 0 Å². The van der Waals surface area contributed by atoms with Crippen molar-refractivity contribution in [2.45, 2.75) is 32.7 Å². The number of hydrogen-bond donors (Lipinski definition) is 2. The van der Waals surface area contributed by atoms with Gasteiger partial charge in [0.05, 0.1) is 5.84 Å². The minimum atomic E-state index is 0.298. The third kappa shape index (κ3) is 7.33. The van der Waals surface area contributed by atoms with Gasteiger partial charge >= 0.3 is 0 Å². The Balaban J connectivity index is 3.84. The van der Waals surface area contributed by atoms with Crippen molar-refractivity contribution < 1.29 is 0 Å². The number of amidine groups is 1. The molecule has 90 valence electrons. The van der Waals surface area contributed by atoms with Gasteiger partial charge in [0.2, 0.25) is 0 Å². The van der Waals surface area contributed by atoms with Crippen LogP contribution >= 0.6 is 0 Å². The highest BCUT2D eigenvalue weighted by Crippen LogP contribution is 2.02. The highest BCUT2D eigenvalue weighted by Gasteiger charge is 2.12. The molecule has 0 amide bonds. The van der Waals surface area contributed by atoms with Crippen LogP contribution in [0.3, 0.4) is 0 Å². The third-order valence-corrected chi connectivity index (χ3v) is 2.55. The van der Waals surface area contributed by atoms with Gasteiger partial charge in [0.25, 0.3) is 0 Å². The van der Waals surface area contributed by atoms with Crippen LogP contribution < -0.4 is 5.73 Å². The predicted octanol–water partition coefficient (Wildman–Crippen LogP) is 0.975. The van der Waals surface area contributed by atoms with Gasteiger partial charge in [-0.05, 0) is 40.5 Å². The lowest BCUT2D eigenvalue weighted by atomic mass is 10.2. The monoisotopic (exact) mass is 214 g/mol. The summed E-state index contributed by atoms with van der Waals surface area (Å²) in [5.74, 6) is 0.298. The molecule has 0 aliphatic heterocycles. The van der Waals surface area contributed by atoms with E-state index in [1.807, 2.05) is 0 Å². The summed E-state index contributed by atoms with van der Waals surface area (Å²) < 4.78 is 0. The molecule has 0 aromatic rings. The SMILES string of the molecule is CCN(CCCC(=N)N)C(C)CN(C)C. The van der Waals surface area contributed by atoms with Crippen molar-refractivity contribution in [3.63, 3.8) is 0 Å². The quantitative estimate of drug-likeness (QED) is 0.468. The minimum absolute atomic E-state index is 0.298. The van der Waals surface area contributed by atoms with E-state index in [1.54, 1.807) is 0 Å². The van der Waals surface area contributed by atoms with Gasteiger partial charge in [-0.3, -0.25) is 10.3 Å². The van der Waals surface area contributed by atoms with Gasteiger partial charge in [-0.2, -0.15) is 0 Å². The van der Waals surface area contributed by atoms with Gasteiger partial charge in [0.15, 0.2) is 0 Å². The molecule has 0 saturated heterocycles. The van der Waals surface area contributed by atoms with Crippen LogP contribution in [0.2, 0.25) is 0 Å². The first-order chi connectivity index (χ1) is 6.97. The number of nitrogens with one attached hydrogen (secondary N) is 1. The van der Waals surface area contributed by atoms with E-state index in [0.29, 0.717) is 18.3 Å². The average Bonchev–Trinajstić information content (AvgIpc) is 2.10. The smallest absolute Gasteiger partial charge is 0.0905 e. The summed E-state index contributed by atoms with van der Waals surface area (Å²) in [4.78, 5) is 4.64. The molecule has 0 spiro atoms. The van der Waals surface area contributed by atoms with Crippen molar-refractivity contribution in [3.05, 3.63) is 0 Å². The molecule has 1 atom stereocenters. The molecule has 0 aliphatic carbocycles. The Bertz CT molecular complexity index is 179. The molecular formula is C11H26N4. The largest absolute Gasteiger partial charge is 0.388 e. The Kier molecular flexibility index (Phi) is 7.34. The summed E-state index contributed by atoms with van der Waals surface area (Å²) in [6, 6.07) is 0.567. The Hall–Kier alpha value is -0.610. The van der Waals surface area contributed by atoms with E-state index < -0.39 is 0 Å². The molecule has 0 aliphatic rings. The molecular weight excluding hydrogens is 188 g/mol. The van der Waals surface area contributed by atoms with Crippen molar-refractivity contribution in [1.29, 1.82) is 5.41 Å². The lowest BCUT2D eigenvalue weighted by Crippen LogP contribution is -2.40. The highest BCUT2D eigenvalue weighted by atomic mass is 15.2. The first-order valence-corrected chi connectivity index (χ1v) is 5.69. The fourth-order valence-electron chi connectivity index (χ4n) is 1.81. The maximum Gasteiger partial charge on any atom is 0.0905 e. The molecule has 4 nitrogen and oxygen atoms in total. The predicted molar refractivity (Wildman–Crippen MR) is 66.4 cm³/mol. The molecule has 0 aromatic carbocycles. The van der Waals surface area contributed by atoms with Crippen LogP contribution in [-0.4, -0.2) is 55.4 Å². The van der Waals surface area contributed by atoms with Gasteiger partial charge in [-0.25, -0.2) is 0 Å². The van der Waals surface area contributed by atoms with Crippen LogP contribution in [0, 0.1) is 5.41 Å². The first-order valence-electron chi connectivity index (χ1n) is 5.69. The van der Waals surface area contributed by atoms with Gasteiger partial charge in [-0.15, -0.1) is 0 Å². The summed E-state index contributed by atoms with van der Waals surface area (Å²) in [6.45, 7) is 7.60. The van der Waals surface area contributed by atoms with Gasteiger partial charge in [0.1, 0.15) is 0 Å². The molecule has 0 radical (unpaired) electrons. The zero-order valence-electron chi connectivity index (χ0n) is 10.6. The molecule has 1 unspecified atom stereocenters. The number of rotatable bonds is 8. The lowest BCUT2D eigenvalue weighted by Gasteiger charge is -2.29. The van der Waals surface area contributed by atoms with Crippen molar-refractivity contribution in [2.24, 2.45) is 5.73 Å². The maximum atomic E-state index is 7.17. The number of nitrogens with two attached hydrogens (primary N) is 1. The molecule has 0 aromatic heterocycles. The molecule has 0 heterocycles. The summed E-state index contributed by atoms with van der Waals surface area (Å²) >= 11 is 0. The zero-order valence-corrected chi connectivity index (χ0v) is 10.6. The average molecular weight is 214 g/mol. The van der Waals surface area contributed by atoms with E-state index in [4.69, 9.17) is 11.1 Å². The highest BCUT2D eigenvalue weighted by molar-refractivity contribution is 5.76. The van der Waals surface area contributed by atoms with Crippen LogP contribution in [0.25, 0.3) is 0 Å². The van der Waals surface area contributed by atoms with Crippen LogP contribution in [0.1, 0.15) is 26.7 Å². The van der Waals surface area contributed by atoms with E-state index in [0.717, 1.165) is 26.1 Å². The molecule has 15 heavy (non-hydrogen) atoms. The maximum absolute atomic E-state index is 7.17. The summed E-state index contributed by atoms with van der Waals surface area (Å²) in [5.41, 5.74) is 5.33. The van der Waals surface area contributed by atoms with Crippen molar-refractivity contribution >= 4 is 5.84 Å². The summed E-state index contributed by atoms with van der Waals surface area (Å²) in [7, 11) is 4.19. The van der Waals surface area contributed by atoms with Gasteiger partial charge in [-0.1, -0.05) is 6.92 Å².